The van der Waals surface area contributed by atoms with Crippen LogP contribution in [-0.4, -0.2) is 24.5 Å². The van der Waals surface area contributed by atoms with Gasteiger partial charge in [0.05, 0.1) is 6.04 Å². The average molecular weight is 326 g/mol. The number of carbonyl (C=O) groups is 1. The Labute approximate surface area is 145 Å². The first-order valence-corrected chi connectivity index (χ1v) is 9.78. The zero-order valence-electron chi connectivity index (χ0n) is 14.9. The highest BCUT2D eigenvalue weighted by molar-refractivity contribution is 5.96. The van der Waals surface area contributed by atoms with Gasteiger partial charge in [0, 0.05) is 18.3 Å². The van der Waals surface area contributed by atoms with Crippen LogP contribution in [0.3, 0.4) is 0 Å². The fourth-order valence-electron chi connectivity index (χ4n) is 5.86. The van der Waals surface area contributed by atoms with Gasteiger partial charge in [-0.3, -0.25) is 4.79 Å². The third-order valence-electron chi connectivity index (χ3n) is 6.69. The Morgan fingerprint density at radius 1 is 1.08 bits per heavy atom. The van der Waals surface area contributed by atoms with Crippen LogP contribution in [0.2, 0.25) is 0 Å². The summed E-state index contributed by atoms with van der Waals surface area (Å²) in [5.74, 6) is 3.78. The Morgan fingerprint density at radius 2 is 1.67 bits per heavy atom. The molecule has 0 aromatic heterocycles. The highest BCUT2D eigenvalue weighted by Gasteiger charge is 2.48. The van der Waals surface area contributed by atoms with Crippen LogP contribution in [0.15, 0.2) is 30.3 Å². The standard InChI is InChI=1S/C21H30N2O/c1-3-23(19-7-5-4-6-8-19)21(24)14(2)22-20-17-10-15-9-16(12-17)13-18(20)11-15/h4-8,14-18,20,22H,3,9-13H2,1-2H3/t14-,15?,16?,17?,18?,20?/m1/s1. The monoisotopic (exact) mass is 326 g/mol. The van der Waals surface area contributed by atoms with E-state index in [2.05, 4.69) is 19.2 Å². The minimum Gasteiger partial charge on any atom is -0.311 e. The average Bonchev–Trinajstić information content (AvgIpc) is 2.59. The number of hydrogen-bond donors (Lipinski definition) is 1. The predicted octanol–water partition coefficient (Wildman–Crippen LogP) is 3.84. The van der Waals surface area contributed by atoms with Gasteiger partial charge in [0.1, 0.15) is 0 Å². The maximum absolute atomic E-state index is 13.0. The van der Waals surface area contributed by atoms with Crippen molar-refractivity contribution in [3.05, 3.63) is 30.3 Å². The molecule has 130 valence electrons. The van der Waals surface area contributed by atoms with Crippen LogP contribution in [-0.2, 0) is 4.79 Å². The summed E-state index contributed by atoms with van der Waals surface area (Å²) in [6.07, 6.45) is 7.04. The van der Waals surface area contributed by atoms with Gasteiger partial charge in [-0.1, -0.05) is 18.2 Å². The Morgan fingerprint density at radius 3 is 2.21 bits per heavy atom. The smallest absolute Gasteiger partial charge is 0.243 e. The van der Waals surface area contributed by atoms with Crippen LogP contribution in [0.1, 0.15) is 46.0 Å². The molecule has 4 fully saturated rings. The van der Waals surface area contributed by atoms with Gasteiger partial charge in [-0.25, -0.2) is 0 Å². The van der Waals surface area contributed by atoms with E-state index < -0.39 is 0 Å². The quantitative estimate of drug-likeness (QED) is 0.891. The van der Waals surface area contributed by atoms with Crippen LogP contribution < -0.4 is 10.2 Å². The highest BCUT2D eigenvalue weighted by Crippen LogP contribution is 2.53. The zero-order valence-corrected chi connectivity index (χ0v) is 14.9. The molecule has 0 unspecified atom stereocenters. The lowest BCUT2D eigenvalue weighted by atomic mass is 9.54. The van der Waals surface area contributed by atoms with Gasteiger partial charge in [-0.2, -0.15) is 0 Å². The molecule has 5 rings (SSSR count). The second kappa shape index (κ2) is 6.51. The molecular weight excluding hydrogens is 296 g/mol. The summed E-state index contributed by atoms with van der Waals surface area (Å²) in [4.78, 5) is 14.9. The van der Waals surface area contributed by atoms with Gasteiger partial charge in [-0.05, 0) is 81.8 Å². The second-order valence-corrected chi connectivity index (χ2v) is 8.26. The molecule has 3 heteroatoms. The highest BCUT2D eigenvalue weighted by atomic mass is 16.2. The number of rotatable bonds is 5. The van der Waals surface area contributed by atoms with Crippen molar-refractivity contribution in [2.24, 2.45) is 23.7 Å². The van der Waals surface area contributed by atoms with Crippen molar-refractivity contribution < 1.29 is 4.79 Å². The van der Waals surface area contributed by atoms with Gasteiger partial charge >= 0.3 is 0 Å². The Kier molecular flexibility index (Phi) is 4.38. The number of amides is 1. The van der Waals surface area contributed by atoms with Gasteiger partial charge in [0.25, 0.3) is 0 Å². The van der Waals surface area contributed by atoms with Crippen molar-refractivity contribution >= 4 is 11.6 Å². The largest absolute Gasteiger partial charge is 0.311 e. The number of benzene rings is 1. The number of nitrogens with one attached hydrogen (secondary N) is 1. The molecule has 1 N–H and O–H groups in total. The molecule has 0 aliphatic heterocycles. The second-order valence-electron chi connectivity index (χ2n) is 8.26. The summed E-state index contributed by atoms with van der Waals surface area (Å²) in [6.45, 7) is 4.83. The number of likely N-dealkylation sites (N-methyl/N-ethyl adjacent to an activating group) is 1. The van der Waals surface area contributed by atoms with Crippen LogP contribution >= 0.6 is 0 Å². The molecule has 0 saturated heterocycles. The predicted molar refractivity (Wildman–Crippen MR) is 97.9 cm³/mol. The molecule has 1 aromatic carbocycles. The molecule has 4 aliphatic carbocycles. The van der Waals surface area contributed by atoms with Crippen molar-refractivity contribution in [3.8, 4) is 0 Å². The fraction of sp³-hybridized carbons (Fsp3) is 0.667. The van der Waals surface area contributed by atoms with E-state index in [9.17, 15) is 4.79 Å². The normalized spacial score (nSPS) is 35.0. The Balaban J connectivity index is 1.44. The summed E-state index contributed by atoms with van der Waals surface area (Å²) in [5, 5.41) is 3.76. The number of carbonyl (C=O) groups excluding carboxylic acids is 1. The molecule has 1 aromatic rings. The third kappa shape index (κ3) is 2.88. The molecule has 3 nitrogen and oxygen atoms in total. The third-order valence-corrected chi connectivity index (χ3v) is 6.69. The van der Waals surface area contributed by atoms with Crippen LogP contribution in [0.4, 0.5) is 5.69 Å². The molecule has 0 heterocycles. The number of nitrogens with zero attached hydrogens (tertiary/aromatic N) is 1. The Hall–Kier alpha value is -1.35. The maximum atomic E-state index is 13.0. The topological polar surface area (TPSA) is 32.3 Å². The van der Waals surface area contributed by atoms with E-state index in [0.717, 1.165) is 35.9 Å². The molecule has 4 aliphatic rings. The van der Waals surface area contributed by atoms with E-state index in [1.54, 1.807) is 0 Å². The summed E-state index contributed by atoms with van der Waals surface area (Å²) in [7, 11) is 0. The van der Waals surface area contributed by atoms with Crippen molar-refractivity contribution in [1.82, 2.24) is 5.32 Å². The van der Waals surface area contributed by atoms with Crippen LogP contribution in [0, 0.1) is 23.7 Å². The van der Waals surface area contributed by atoms with E-state index >= 15 is 0 Å². The molecule has 0 spiro atoms. The SMILES string of the molecule is CCN(C(=O)[C@@H](C)NC1C2CC3CC(C2)CC1C3)c1ccccc1. The van der Waals surface area contributed by atoms with E-state index in [0.29, 0.717) is 6.04 Å². The summed E-state index contributed by atoms with van der Waals surface area (Å²) in [5.41, 5.74) is 1.00. The van der Waals surface area contributed by atoms with Crippen LogP contribution in [0.5, 0.6) is 0 Å². The summed E-state index contributed by atoms with van der Waals surface area (Å²) < 4.78 is 0. The lowest BCUT2D eigenvalue weighted by molar-refractivity contribution is -0.121. The molecule has 4 saturated carbocycles. The van der Waals surface area contributed by atoms with E-state index in [4.69, 9.17) is 0 Å². The molecule has 4 bridgehead atoms. The van der Waals surface area contributed by atoms with E-state index in [1.165, 1.54) is 32.1 Å². The Bertz CT molecular complexity index is 557. The van der Waals surface area contributed by atoms with Crippen LogP contribution in [0.25, 0.3) is 0 Å². The van der Waals surface area contributed by atoms with Gasteiger partial charge in [-0.15, -0.1) is 0 Å². The van der Waals surface area contributed by atoms with Crippen molar-refractivity contribution in [2.75, 3.05) is 11.4 Å². The lowest BCUT2D eigenvalue weighted by Gasteiger charge is -2.55. The van der Waals surface area contributed by atoms with Crippen molar-refractivity contribution in [1.29, 1.82) is 0 Å². The van der Waals surface area contributed by atoms with Crippen molar-refractivity contribution in [3.63, 3.8) is 0 Å². The summed E-state index contributed by atoms with van der Waals surface area (Å²) >= 11 is 0. The first-order valence-electron chi connectivity index (χ1n) is 9.78. The minimum atomic E-state index is -0.104. The fourth-order valence-corrected chi connectivity index (χ4v) is 5.86. The first kappa shape index (κ1) is 16.1. The molecular formula is C21H30N2O. The lowest BCUT2D eigenvalue weighted by Crippen LogP contribution is -2.59. The minimum absolute atomic E-state index is 0.104. The van der Waals surface area contributed by atoms with Gasteiger partial charge < -0.3 is 10.2 Å². The molecule has 1 amide bonds. The van der Waals surface area contributed by atoms with E-state index in [-0.39, 0.29) is 11.9 Å². The van der Waals surface area contributed by atoms with Crippen molar-refractivity contribution in [2.45, 2.75) is 58.0 Å². The molecule has 0 radical (unpaired) electrons. The van der Waals surface area contributed by atoms with Gasteiger partial charge in [0.2, 0.25) is 5.91 Å². The molecule has 24 heavy (non-hydrogen) atoms. The zero-order chi connectivity index (χ0) is 16.7. The van der Waals surface area contributed by atoms with E-state index in [1.807, 2.05) is 35.2 Å². The maximum Gasteiger partial charge on any atom is 0.243 e. The first-order chi connectivity index (χ1) is 11.7. The number of hydrogen-bond acceptors (Lipinski definition) is 2. The number of anilines is 1. The van der Waals surface area contributed by atoms with Gasteiger partial charge in [0.15, 0.2) is 0 Å². The molecule has 1 atom stereocenters. The summed E-state index contributed by atoms with van der Waals surface area (Å²) in [6, 6.07) is 10.5. The number of para-hydroxylation sites is 1.